The van der Waals surface area contributed by atoms with Gasteiger partial charge in [0.2, 0.25) is 0 Å². The molecule has 0 aromatic heterocycles. The van der Waals surface area contributed by atoms with Crippen molar-refractivity contribution in [3.8, 4) is 0 Å². The van der Waals surface area contributed by atoms with E-state index in [1.165, 1.54) is 5.56 Å². The molecule has 6 heteroatoms. The Labute approximate surface area is 181 Å². The van der Waals surface area contributed by atoms with Crippen LogP contribution in [-0.4, -0.2) is 56.4 Å². The van der Waals surface area contributed by atoms with Crippen LogP contribution in [0.15, 0.2) is 35.3 Å². The molecule has 1 aromatic carbocycles. The number of aliphatic imine (C=N–C) groups is 1. The smallest absolute Gasteiger partial charge is 0.193 e. The largest absolute Gasteiger partial charge is 0.378 e. The van der Waals surface area contributed by atoms with Crippen LogP contribution in [0.1, 0.15) is 45.1 Å². The molecule has 154 valence electrons. The van der Waals surface area contributed by atoms with Crippen LogP contribution in [0, 0.1) is 0 Å². The van der Waals surface area contributed by atoms with Crippen molar-refractivity contribution in [2.75, 3.05) is 39.4 Å². The third kappa shape index (κ3) is 9.76. The number of nitrogens with one attached hydrogen (secondary N) is 1. The van der Waals surface area contributed by atoms with Crippen LogP contribution in [0.4, 0.5) is 0 Å². The highest BCUT2D eigenvalue weighted by molar-refractivity contribution is 14.0. The van der Waals surface area contributed by atoms with Gasteiger partial charge in [-0.2, -0.15) is 0 Å². The number of piperidine rings is 1. The summed E-state index contributed by atoms with van der Waals surface area (Å²) in [6.07, 6.45) is 4.69. The van der Waals surface area contributed by atoms with E-state index in [4.69, 9.17) is 14.5 Å². The number of hydrogen-bond donors (Lipinski definition) is 1. The molecular formula is C21H36IN3O2. The van der Waals surface area contributed by atoms with Crippen LogP contribution in [0.3, 0.4) is 0 Å². The van der Waals surface area contributed by atoms with E-state index < -0.39 is 0 Å². The van der Waals surface area contributed by atoms with Gasteiger partial charge >= 0.3 is 0 Å². The van der Waals surface area contributed by atoms with Crippen molar-refractivity contribution in [3.05, 3.63) is 35.9 Å². The molecule has 27 heavy (non-hydrogen) atoms. The number of ether oxygens (including phenoxy) is 2. The topological polar surface area (TPSA) is 46.1 Å². The second-order valence-corrected chi connectivity index (χ2v) is 6.62. The normalized spacial score (nSPS) is 15.5. The van der Waals surface area contributed by atoms with Crippen LogP contribution >= 0.6 is 24.0 Å². The van der Waals surface area contributed by atoms with Crippen LogP contribution in [-0.2, 0) is 16.1 Å². The number of likely N-dealkylation sites (tertiary alicyclic amines) is 1. The summed E-state index contributed by atoms with van der Waals surface area (Å²) < 4.78 is 11.5. The summed E-state index contributed by atoms with van der Waals surface area (Å²) >= 11 is 0. The third-order valence-corrected chi connectivity index (χ3v) is 4.55. The Morgan fingerprint density at radius 2 is 1.89 bits per heavy atom. The Bertz CT molecular complexity index is 505. The highest BCUT2D eigenvalue weighted by Crippen LogP contribution is 2.13. The molecule has 1 aliphatic rings. The maximum Gasteiger partial charge on any atom is 0.193 e. The fourth-order valence-corrected chi connectivity index (χ4v) is 3.16. The van der Waals surface area contributed by atoms with Gasteiger partial charge in [-0.15, -0.1) is 24.0 Å². The summed E-state index contributed by atoms with van der Waals surface area (Å²) in [7, 11) is 0. The first kappa shape index (κ1) is 24.2. The van der Waals surface area contributed by atoms with E-state index in [1.807, 2.05) is 18.2 Å². The lowest BCUT2D eigenvalue weighted by Gasteiger charge is -2.34. The van der Waals surface area contributed by atoms with E-state index in [9.17, 15) is 0 Å². The zero-order valence-electron chi connectivity index (χ0n) is 16.9. The molecule has 5 nitrogen and oxygen atoms in total. The number of nitrogens with zero attached hydrogens (tertiary/aromatic N) is 2. The SMILES string of the molecule is CCNC(=NCCCCOCc1ccccc1)N1CCC(OCC)CC1.I. The molecule has 1 saturated heterocycles. The van der Waals surface area contributed by atoms with E-state index >= 15 is 0 Å². The molecule has 0 spiro atoms. The predicted octanol–water partition coefficient (Wildman–Crippen LogP) is 4.07. The van der Waals surface area contributed by atoms with Crippen LogP contribution in [0.25, 0.3) is 0 Å². The van der Waals surface area contributed by atoms with Gasteiger partial charge in [0.15, 0.2) is 5.96 Å². The number of rotatable bonds is 10. The van der Waals surface area contributed by atoms with E-state index in [-0.39, 0.29) is 24.0 Å². The maximum atomic E-state index is 5.74. The van der Waals surface area contributed by atoms with Crippen molar-refractivity contribution < 1.29 is 9.47 Å². The average molecular weight is 489 g/mol. The first-order valence-corrected chi connectivity index (χ1v) is 10.1. The quantitative estimate of drug-likeness (QED) is 0.233. The Balaban J connectivity index is 0.00000364. The summed E-state index contributed by atoms with van der Waals surface area (Å²) in [4.78, 5) is 7.17. The van der Waals surface area contributed by atoms with Gasteiger partial charge < -0.3 is 19.7 Å². The standard InChI is InChI=1S/C21H35N3O2.HI/c1-3-22-21(24-15-12-20(13-16-24)26-4-2)23-14-8-9-17-25-18-19-10-6-5-7-11-19;/h5-7,10-11,20H,3-4,8-9,12-18H2,1-2H3,(H,22,23);1H. The highest BCUT2D eigenvalue weighted by Gasteiger charge is 2.21. The van der Waals surface area contributed by atoms with Crippen molar-refractivity contribution in [1.82, 2.24) is 10.2 Å². The molecule has 0 aliphatic carbocycles. The molecule has 1 aromatic rings. The molecule has 1 heterocycles. The van der Waals surface area contributed by atoms with Crippen molar-refractivity contribution in [1.29, 1.82) is 0 Å². The summed E-state index contributed by atoms with van der Waals surface area (Å²) in [5.41, 5.74) is 1.23. The fraction of sp³-hybridized carbons (Fsp3) is 0.667. The predicted molar refractivity (Wildman–Crippen MR) is 123 cm³/mol. The summed E-state index contributed by atoms with van der Waals surface area (Å²) in [5, 5.41) is 3.43. The Kier molecular flexibility index (Phi) is 13.5. The summed E-state index contributed by atoms with van der Waals surface area (Å²) in [6, 6.07) is 10.3. The number of halogens is 1. The highest BCUT2D eigenvalue weighted by atomic mass is 127. The molecular weight excluding hydrogens is 453 g/mol. The van der Waals surface area contributed by atoms with Crippen LogP contribution in [0.2, 0.25) is 0 Å². The fourth-order valence-electron chi connectivity index (χ4n) is 3.16. The Hall–Kier alpha value is -0.860. The molecule has 0 bridgehead atoms. The maximum absolute atomic E-state index is 5.74. The van der Waals surface area contributed by atoms with Gasteiger partial charge in [0.25, 0.3) is 0 Å². The van der Waals surface area contributed by atoms with E-state index in [1.54, 1.807) is 0 Å². The second kappa shape index (κ2) is 15.1. The molecule has 0 saturated carbocycles. The molecule has 1 N–H and O–H groups in total. The lowest BCUT2D eigenvalue weighted by atomic mass is 10.1. The van der Waals surface area contributed by atoms with Crippen LogP contribution < -0.4 is 5.32 Å². The van der Waals surface area contributed by atoms with Gasteiger partial charge in [-0.25, -0.2) is 0 Å². The van der Waals surface area contributed by atoms with Gasteiger partial charge in [-0.1, -0.05) is 30.3 Å². The average Bonchev–Trinajstić information content (AvgIpc) is 2.68. The lowest BCUT2D eigenvalue weighted by Crippen LogP contribution is -2.47. The van der Waals surface area contributed by atoms with Gasteiger partial charge in [0.1, 0.15) is 0 Å². The van der Waals surface area contributed by atoms with E-state index in [2.05, 4.69) is 36.2 Å². The minimum absolute atomic E-state index is 0. The Morgan fingerprint density at radius 3 is 2.56 bits per heavy atom. The Morgan fingerprint density at radius 1 is 1.15 bits per heavy atom. The van der Waals surface area contributed by atoms with E-state index in [0.29, 0.717) is 12.7 Å². The van der Waals surface area contributed by atoms with Gasteiger partial charge in [0, 0.05) is 39.4 Å². The number of unbranched alkanes of at least 4 members (excludes halogenated alkanes) is 1. The number of benzene rings is 1. The number of guanidine groups is 1. The second-order valence-electron chi connectivity index (χ2n) is 6.62. The van der Waals surface area contributed by atoms with Crippen LogP contribution in [0.5, 0.6) is 0 Å². The van der Waals surface area contributed by atoms with Gasteiger partial charge in [-0.3, -0.25) is 4.99 Å². The molecule has 1 fully saturated rings. The van der Waals surface area contributed by atoms with E-state index in [0.717, 1.165) is 71.0 Å². The minimum atomic E-state index is 0. The first-order valence-electron chi connectivity index (χ1n) is 10.1. The molecule has 0 radical (unpaired) electrons. The first-order chi connectivity index (χ1) is 12.8. The molecule has 0 amide bonds. The molecule has 1 aliphatic heterocycles. The van der Waals surface area contributed by atoms with Crippen molar-refractivity contribution in [2.24, 2.45) is 4.99 Å². The third-order valence-electron chi connectivity index (χ3n) is 4.55. The monoisotopic (exact) mass is 489 g/mol. The minimum Gasteiger partial charge on any atom is -0.378 e. The number of hydrogen-bond acceptors (Lipinski definition) is 3. The zero-order valence-corrected chi connectivity index (χ0v) is 19.2. The summed E-state index contributed by atoms with van der Waals surface area (Å²) in [6.45, 7) is 10.3. The van der Waals surface area contributed by atoms with Crippen molar-refractivity contribution >= 4 is 29.9 Å². The molecule has 0 atom stereocenters. The summed E-state index contributed by atoms with van der Waals surface area (Å²) in [5.74, 6) is 1.05. The zero-order chi connectivity index (χ0) is 18.5. The molecule has 0 unspecified atom stereocenters. The van der Waals surface area contributed by atoms with Crippen molar-refractivity contribution in [3.63, 3.8) is 0 Å². The van der Waals surface area contributed by atoms with Crippen molar-refractivity contribution in [2.45, 2.75) is 52.2 Å². The van der Waals surface area contributed by atoms with Gasteiger partial charge in [-0.05, 0) is 45.1 Å². The lowest BCUT2D eigenvalue weighted by molar-refractivity contribution is 0.0263. The van der Waals surface area contributed by atoms with Gasteiger partial charge in [0.05, 0.1) is 12.7 Å². The molecule has 2 rings (SSSR count).